The van der Waals surface area contributed by atoms with Crippen LogP contribution in [0.2, 0.25) is 0 Å². The highest BCUT2D eigenvalue weighted by Gasteiger charge is 2.21. The average molecular weight is 430 g/mol. The number of hydrogen-bond donors (Lipinski definition) is 4. The molecule has 0 unspecified atom stereocenters. The molecule has 0 spiro atoms. The van der Waals surface area contributed by atoms with Gasteiger partial charge in [-0.05, 0) is 63.9 Å². The number of nitrogens with two attached hydrogens (primary N) is 1. The van der Waals surface area contributed by atoms with E-state index in [9.17, 15) is 8.42 Å². The fourth-order valence-electron chi connectivity index (χ4n) is 3.75. The summed E-state index contributed by atoms with van der Waals surface area (Å²) in [4.78, 5) is 4.65. The second-order valence-corrected chi connectivity index (χ2v) is 9.54. The van der Waals surface area contributed by atoms with Crippen LogP contribution in [0, 0.1) is 6.92 Å². The van der Waals surface area contributed by atoms with Gasteiger partial charge < -0.3 is 16.4 Å². The molecule has 0 radical (unpaired) electrons. The largest absolute Gasteiger partial charge is 0.366 e. The molecule has 30 heavy (non-hydrogen) atoms. The van der Waals surface area contributed by atoms with Crippen LogP contribution in [-0.4, -0.2) is 42.1 Å². The van der Waals surface area contributed by atoms with Crippen LogP contribution in [0.4, 0.5) is 17.2 Å². The summed E-state index contributed by atoms with van der Waals surface area (Å²) in [6, 6.07) is 7.24. The van der Waals surface area contributed by atoms with E-state index >= 15 is 0 Å². The predicted molar refractivity (Wildman–Crippen MR) is 118 cm³/mol. The van der Waals surface area contributed by atoms with Crippen LogP contribution >= 0.6 is 0 Å². The van der Waals surface area contributed by atoms with Gasteiger partial charge in [-0.25, -0.2) is 22.6 Å². The van der Waals surface area contributed by atoms with Gasteiger partial charge in [0.25, 0.3) is 0 Å². The van der Waals surface area contributed by atoms with Gasteiger partial charge in [0, 0.05) is 35.7 Å². The number of benzene rings is 1. The zero-order valence-corrected chi connectivity index (χ0v) is 17.9. The molecular weight excluding hydrogens is 402 g/mol. The minimum Gasteiger partial charge on any atom is -0.366 e. The fraction of sp³-hybridized carbons (Fsp3) is 0.400. The second kappa shape index (κ2) is 8.21. The number of hydrogen-bond acceptors (Lipinski definition) is 7. The highest BCUT2D eigenvalue weighted by Crippen LogP contribution is 2.31. The van der Waals surface area contributed by atoms with Crippen molar-refractivity contribution in [1.29, 1.82) is 0 Å². The SMILES string of the molecule is CNS(=O)(=O)c1ccc(Nc2c(C)c(NC3CCC(N)CC3)nn3ccnc23)cc1. The third-order valence-electron chi connectivity index (χ3n) is 5.60. The Morgan fingerprint density at radius 1 is 1.13 bits per heavy atom. The molecule has 1 aromatic carbocycles. The molecule has 5 N–H and O–H groups in total. The van der Waals surface area contributed by atoms with Crippen LogP contribution in [0.3, 0.4) is 0 Å². The molecule has 4 rings (SSSR count). The Morgan fingerprint density at radius 3 is 2.50 bits per heavy atom. The monoisotopic (exact) mass is 429 g/mol. The van der Waals surface area contributed by atoms with E-state index in [2.05, 4.69) is 20.3 Å². The maximum Gasteiger partial charge on any atom is 0.240 e. The Kier molecular flexibility index (Phi) is 5.63. The number of rotatable bonds is 6. The van der Waals surface area contributed by atoms with Crippen LogP contribution in [0.1, 0.15) is 31.2 Å². The summed E-state index contributed by atoms with van der Waals surface area (Å²) < 4.78 is 28.0. The number of nitrogens with zero attached hydrogens (tertiary/aromatic N) is 3. The summed E-state index contributed by atoms with van der Waals surface area (Å²) in [6.07, 6.45) is 7.58. The normalized spacial score (nSPS) is 19.7. The first kappa shape index (κ1) is 20.6. The van der Waals surface area contributed by atoms with Crippen molar-refractivity contribution in [2.75, 3.05) is 17.7 Å². The van der Waals surface area contributed by atoms with Gasteiger partial charge in [-0.1, -0.05) is 0 Å². The molecule has 0 saturated heterocycles. The highest BCUT2D eigenvalue weighted by molar-refractivity contribution is 7.89. The van der Waals surface area contributed by atoms with Crippen LogP contribution in [0.25, 0.3) is 5.65 Å². The summed E-state index contributed by atoms with van der Waals surface area (Å²) in [5.41, 5.74) is 9.28. The van der Waals surface area contributed by atoms with Gasteiger partial charge in [-0.3, -0.25) is 0 Å². The molecule has 3 aromatic rings. The summed E-state index contributed by atoms with van der Waals surface area (Å²) in [5.74, 6) is 0.804. The van der Waals surface area contributed by atoms with Crippen molar-refractivity contribution < 1.29 is 8.42 Å². The van der Waals surface area contributed by atoms with E-state index in [0.29, 0.717) is 17.7 Å². The van der Waals surface area contributed by atoms with Crippen molar-refractivity contribution in [3.63, 3.8) is 0 Å². The topological polar surface area (TPSA) is 126 Å². The molecule has 1 saturated carbocycles. The quantitative estimate of drug-likeness (QED) is 0.474. The van der Waals surface area contributed by atoms with Crippen molar-refractivity contribution in [1.82, 2.24) is 19.3 Å². The summed E-state index contributed by atoms with van der Waals surface area (Å²) in [5, 5.41) is 11.6. The van der Waals surface area contributed by atoms with E-state index in [0.717, 1.165) is 48.4 Å². The number of fused-ring (bicyclic) bond motifs is 1. The van der Waals surface area contributed by atoms with Gasteiger partial charge in [0.1, 0.15) is 0 Å². The number of sulfonamides is 1. The van der Waals surface area contributed by atoms with Crippen LogP contribution in [0.5, 0.6) is 0 Å². The van der Waals surface area contributed by atoms with E-state index in [4.69, 9.17) is 10.8 Å². The maximum atomic E-state index is 11.9. The van der Waals surface area contributed by atoms with Crippen molar-refractivity contribution >= 4 is 32.9 Å². The van der Waals surface area contributed by atoms with Crippen LogP contribution < -0.4 is 21.1 Å². The first-order chi connectivity index (χ1) is 14.4. The Balaban J connectivity index is 1.63. The molecule has 10 heteroatoms. The fourth-order valence-corrected chi connectivity index (χ4v) is 4.48. The Labute approximate surface area is 176 Å². The molecule has 0 amide bonds. The van der Waals surface area contributed by atoms with Crippen molar-refractivity contribution in [2.45, 2.75) is 49.6 Å². The van der Waals surface area contributed by atoms with Crippen molar-refractivity contribution in [3.05, 3.63) is 42.2 Å². The summed E-state index contributed by atoms with van der Waals surface area (Å²) in [6.45, 7) is 2.00. The van der Waals surface area contributed by atoms with E-state index in [-0.39, 0.29) is 4.90 Å². The summed E-state index contributed by atoms with van der Waals surface area (Å²) >= 11 is 0. The van der Waals surface area contributed by atoms with Gasteiger partial charge >= 0.3 is 0 Å². The van der Waals surface area contributed by atoms with Gasteiger partial charge in [0.2, 0.25) is 10.0 Å². The lowest BCUT2D eigenvalue weighted by Gasteiger charge is -2.28. The number of imidazole rings is 1. The molecule has 2 aromatic heterocycles. The number of anilines is 3. The van der Waals surface area contributed by atoms with Gasteiger partial charge in [0.15, 0.2) is 11.5 Å². The van der Waals surface area contributed by atoms with Gasteiger partial charge in [-0.2, -0.15) is 0 Å². The lowest BCUT2D eigenvalue weighted by molar-refractivity contribution is 0.410. The van der Waals surface area contributed by atoms with E-state index in [1.165, 1.54) is 7.05 Å². The first-order valence-electron chi connectivity index (χ1n) is 10.0. The molecule has 9 nitrogen and oxygen atoms in total. The minimum atomic E-state index is -3.47. The molecule has 1 fully saturated rings. The molecule has 1 aliphatic rings. The minimum absolute atomic E-state index is 0.214. The molecule has 1 aliphatic carbocycles. The second-order valence-electron chi connectivity index (χ2n) is 7.66. The lowest BCUT2D eigenvalue weighted by Crippen LogP contribution is -2.33. The average Bonchev–Trinajstić information content (AvgIpc) is 3.21. The summed E-state index contributed by atoms with van der Waals surface area (Å²) in [7, 11) is -2.08. The smallest absolute Gasteiger partial charge is 0.240 e. The third kappa shape index (κ3) is 4.11. The first-order valence-corrected chi connectivity index (χ1v) is 11.5. The Hall–Kier alpha value is -2.69. The maximum absolute atomic E-state index is 11.9. The number of aromatic nitrogens is 3. The molecule has 0 aliphatic heterocycles. The molecule has 2 heterocycles. The van der Waals surface area contributed by atoms with Crippen LogP contribution in [0.15, 0.2) is 41.6 Å². The Bertz CT molecular complexity index is 1130. The van der Waals surface area contributed by atoms with Gasteiger partial charge in [0.05, 0.1) is 10.6 Å². The van der Waals surface area contributed by atoms with E-state index < -0.39 is 10.0 Å². The standard InChI is InChI=1S/C20H27N7O2S/c1-13-18(24-15-7-9-17(10-8-15)30(28,29)22-2)20-23-11-12-27(20)26-19(13)25-16-5-3-14(21)4-6-16/h7-12,14,16,22,24H,3-6,21H2,1-2H3,(H,25,26). The van der Waals surface area contributed by atoms with E-state index in [1.54, 1.807) is 35.0 Å². The Morgan fingerprint density at radius 2 is 1.83 bits per heavy atom. The molecule has 160 valence electrons. The molecular formula is C20H27N7O2S. The van der Waals surface area contributed by atoms with Gasteiger partial charge in [-0.15, -0.1) is 5.10 Å². The van der Waals surface area contributed by atoms with E-state index in [1.807, 2.05) is 13.1 Å². The third-order valence-corrected chi connectivity index (χ3v) is 7.03. The predicted octanol–water partition coefficient (Wildman–Crippen LogP) is 2.37. The zero-order chi connectivity index (χ0) is 21.3. The lowest BCUT2D eigenvalue weighted by atomic mass is 9.92. The van der Waals surface area contributed by atoms with Crippen molar-refractivity contribution in [3.8, 4) is 0 Å². The molecule has 0 bridgehead atoms. The number of nitrogens with one attached hydrogen (secondary N) is 3. The highest BCUT2D eigenvalue weighted by atomic mass is 32.2. The molecule has 0 atom stereocenters. The zero-order valence-electron chi connectivity index (χ0n) is 17.1. The van der Waals surface area contributed by atoms with Crippen LogP contribution in [-0.2, 0) is 10.0 Å². The van der Waals surface area contributed by atoms with Crippen molar-refractivity contribution in [2.24, 2.45) is 5.73 Å².